The third-order valence-electron chi connectivity index (χ3n) is 2.39. The van der Waals surface area contributed by atoms with Crippen molar-refractivity contribution < 1.29 is 9.90 Å². The minimum atomic E-state index is -0.936. The molecule has 2 rings (SSSR count). The Balaban J connectivity index is 2.38. The Morgan fingerprint density at radius 2 is 1.94 bits per heavy atom. The molecule has 0 aliphatic heterocycles. The predicted octanol–water partition coefficient (Wildman–Crippen LogP) is 3.17. The Kier molecular flexibility index (Phi) is 3.44. The topological polar surface area (TPSA) is 50.2 Å². The molecule has 0 radical (unpaired) electrons. The molecule has 0 bridgehead atoms. The van der Waals surface area contributed by atoms with Crippen LogP contribution < -0.4 is 0 Å². The van der Waals surface area contributed by atoms with E-state index < -0.39 is 5.97 Å². The van der Waals surface area contributed by atoms with Crippen molar-refractivity contribution in [2.24, 2.45) is 0 Å². The highest BCUT2D eigenvalue weighted by molar-refractivity contribution is 7.98. The number of benzene rings is 1. The van der Waals surface area contributed by atoms with Crippen molar-refractivity contribution in [2.45, 2.75) is 4.90 Å². The first-order valence-electron chi connectivity index (χ1n) is 5.04. The van der Waals surface area contributed by atoms with Gasteiger partial charge in [-0.1, -0.05) is 12.1 Å². The highest BCUT2D eigenvalue weighted by atomic mass is 32.2. The highest BCUT2D eigenvalue weighted by Gasteiger charge is 2.05. The number of hydrogen-bond donors (Lipinski definition) is 1. The maximum absolute atomic E-state index is 10.9. The van der Waals surface area contributed by atoms with E-state index in [9.17, 15) is 4.79 Å². The molecule has 0 spiro atoms. The Labute approximate surface area is 104 Å². The third-order valence-corrected chi connectivity index (χ3v) is 3.14. The first-order valence-corrected chi connectivity index (χ1v) is 6.27. The molecule has 1 aromatic carbocycles. The van der Waals surface area contributed by atoms with Crippen LogP contribution in [-0.4, -0.2) is 22.3 Å². The summed E-state index contributed by atoms with van der Waals surface area (Å²) in [5, 5.41) is 8.91. The molecule has 17 heavy (non-hydrogen) atoms. The van der Waals surface area contributed by atoms with Crippen molar-refractivity contribution in [1.29, 1.82) is 0 Å². The summed E-state index contributed by atoms with van der Waals surface area (Å²) in [6.45, 7) is 0. The summed E-state index contributed by atoms with van der Waals surface area (Å²) in [6, 6.07) is 10.9. The number of nitrogens with zero attached hydrogens (tertiary/aromatic N) is 1. The van der Waals surface area contributed by atoms with E-state index in [2.05, 4.69) is 4.98 Å². The van der Waals surface area contributed by atoms with Crippen molar-refractivity contribution in [1.82, 2.24) is 4.98 Å². The van der Waals surface area contributed by atoms with Gasteiger partial charge >= 0.3 is 5.97 Å². The number of aromatic carboxylic acids is 1. The lowest BCUT2D eigenvalue weighted by atomic mass is 10.1. The van der Waals surface area contributed by atoms with Crippen molar-refractivity contribution in [2.75, 3.05) is 6.26 Å². The molecule has 86 valence electrons. The molecule has 0 aliphatic carbocycles. The molecule has 1 heterocycles. The second kappa shape index (κ2) is 5.01. The average molecular weight is 245 g/mol. The minimum Gasteiger partial charge on any atom is -0.478 e. The molecule has 0 saturated carbocycles. The van der Waals surface area contributed by atoms with Crippen LogP contribution in [0.3, 0.4) is 0 Å². The lowest BCUT2D eigenvalue weighted by Crippen LogP contribution is -1.97. The fourth-order valence-corrected chi connectivity index (χ4v) is 1.89. The molecular weight excluding hydrogens is 234 g/mol. The smallest absolute Gasteiger partial charge is 0.335 e. The van der Waals surface area contributed by atoms with Gasteiger partial charge in [0.1, 0.15) is 0 Å². The quantitative estimate of drug-likeness (QED) is 0.844. The van der Waals surface area contributed by atoms with Crippen molar-refractivity contribution in [3.63, 3.8) is 0 Å². The lowest BCUT2D eigenvalue weighted by Gasteiger charge is -2.03. The summed E-state index contributed by atoms with van der Waals surface area (Å²) in [5.74, 6) is -0.936. The van der Waals surface area contributed by atoms with Gasteiger partial charge in [0, 0.05) is 16.7 Å². The maximum atomic E-state index is 10.9. The second-order valence-electron chi connectivity index (χ2n) is 3.46. The Morgan fingerprint density at radius 3 is 2.53 bits per heavy atom. The molecule has 1 N–H and O–H groups in total. The van der Waals surface area contributed by atoms with Crippen molar-refractivity contribution in [3.8, 4) is 11.3 Å². The van der Waals surface area contributed by atoms with Crippen molar-refractivity contribution >= 4 is 17.7 Å². The van der Waals surface area contributed by atoms with Gasteiger partial charge < -0.3 is 5.11 Å². The van der Waals surface area contributed by atoms with Crippen LogP contribution in [0.15, 0.2) is 47.5 Å². The number of hydrogen-bond acceptors (Lipinski definition) is 3. The molecule has 0 fully saturated rings. The van der Waals surface area contributed by atoms with E-state index in [-0.39, 0.29) is 5.56 Å². The van der Waals surface area contributed by atoms with E-state index in [0.717, 1.165) is 5.56 Å². The molecule has 0 aliphatic rings. The zero-order chi connectivity index (χ0) is 12.3. The Morgan fingerprint density at radius 1 is 1.24 bits per heavy atom. The van der Waals surface area contributed by atoms with Crippen LogP contribution in [0.2, 0.25) is 0 Å². The number of rotatable bonds is 3. The molecule has 0 saturated heterocycles. The largest absolute Gasteiger partial charge is 0.478 e. The zero-order valence-electron chi connectivity index (χ0n) is 9.25. The number of carboxylic acids is 1. The van der Waals surface area contributed by atoms with Gasteiger partial charge in [0.05, 0.1) is 11.3 Å². The van der Waals surface area contributed by atoms with E-state index in [4.69, 9.17) is 5.11 Å². The van der Waals surface area contributed by atoms with Gasteiger partial charge in [0.25, 0.3) is 0 Å². The minimum absolute atomic E-state index is 0.254. The van der Waals surface area contributed by atoms with Crippen LogP contribution in [-0.2, 0) is 0 Å². The molecule has 4 heteroatoms. The molecular formula is C13H11NO2S. The molecule has 3 nitrogen and oxygen atoms in total. The standard InChI is InChI=1S/C13H11NO2S/c1-17-11-4-2-9(3-5-11)12-8-10(13(15)16)6-7-14-12/h2-8H,1H3,(H,15,16). The summed E-state index contributed by atoms with van der Waals surface area (Å²) >= 11 is 1.67. The first kappa shape index (κ1) is 11.7. The maximum Gasteiger partial charge on any atom is 0.335 e. The average Bonchev–Trinajstić information content (AvgIpc) is 2.39. The normalized spacial score (nSPS) is 10.2. The van der Waals surface area contributed by atoms with E-state index in [1.807, 2.05) is 30.5 Å². The summed E-state index contributed by atoms with van der Waals surface area (Å²) in [7, 11) is 0. The van der Waals surface area contributed by atoms with Crippen LogP contribution in [0.5, 0.6) is 0 Å². The molecule has 0 unspecified atom stereocenters. The number of thioether (sulfide) groups is 1. The number of carbonyl (C=O) groups is 1. The first-order chi connectivity index (χ1) is 8.20. The fraction of sp³-hybridized carbons (Fsp3) is 0.0769. The van der Waals surface area contributed by atoms with E-state index in [1.165, 1.54) is 17.2 Å². The summed E-state index contributed by atoms with van der Waals surface area (Å²) in [5.41, 5.74) is 1.85. The summed E-state index contributed by atoms with van der Waals surface area (Å²) < 4.78 is 0. The Bertz CT molecular complexity index is 537. The van der Waals surface area contributed by atoms with Gasteiger partial charge in [0.2, 0.25) is 0 Å². The van der Waals surface area contributed by atoms with Gasteiger partial charge in [-0.15, -0.1) is 11.8 Å². The highest BCUT2D eigenvalue weighted by Crippen LogP contribution is 2.22. The monoisotopic (exact) mass is 245 g/mol. The fourth-order valence-electron chi connectivity index (χ4n) is 1.48. The van der Waals surface area contributed by atoms with E-state index in [1.54, 1.807) is 17.8 Å². The van der Waals surface area contributed by atoms with Gasteiger partial charge in [-0.3, -0.25) is 4.98 Å². The number of pyridine rings is 1. The predicted molar refractivity (Wildman–Crippen MR) is 68.4 cm³/mol. The SMILES string of the molecule is CSc1ccc(-c2cc(C(=O)O)ccn2)cc1. The molecule has 1 aromatic heterocycles. The van der Waals surface area contributed by atoms with Crippen LogP contribution in [0.25, 0.3) is 11.3 Å². The van der Waals surface area contributed by atoms with Crippen LogP contribution in [0.1, 0.15) is 10.4 Å². The van der Waals surface area contributed by atoms with Gasteiger partial charge in [-0.2, -0.15) is 0 Å². The van der Waals surface area contributed by atoms with Crippen molar-refractivity contribution in [3.05, 3.63) is 48.2 Å². The second-order valence-corrected chi connectivity index (χ2v) is 4.34. The summed E-state index contributed by atoms with van der Waals surface area (Å²) in [6.07, 6.45) is 3.53. The Hall–Kier alpha value is -1.81. The summed E-state index contributed by atoms with van der Waals surface area (Å²) in [4.78, 5) is 16.2. The molecule has 0 amide bonds. The number of carboxylic acid groups (broad SMARTS) is 1. The van der Waals surface area contributed by atoms with Crippen LogP contribution in [0, 0.1) is 0 Å². The number of aromatic nitrogens is 1. The zero-order valence-corrected chi connectivity index (χ0v) is 10.1. The van der Waals surface area contributed by atoms with Gasteiger partial charge in [-0.25, -0.2) is 4.79 Å². The van der Waals surface area contributed by atoms with Gasteiger partial charge in [-0.05, 0) is 30.5 Å². The van der Waals surface area contributed by atoms with E-state index >= 15 is 0 Å². The van der Waals surface area contributed by atoms with Crippen LogP contribution >= 0.6 is 11.8 Å². The van der Waals surface area contributed by atoms with E-state index in [0.29, 0.717) is 5.69 Å². The van der Waals surface area contributed by atoms with Gasteiger partial charge in [0.15, 0.2) is 0 Å². The van der Waals surface area contributed by atoms with Crippen LogP contribution in [0.4, 0.5) is 0 Å². The lowest BCUT2D eigenvalue weighted by molar-refractivity contribution is 0.0697. The molecule has 0 atom stereocenters. The third kappa shape index (κ3) is 2.65. The molecule has 2 aromatic rings.